The van der Waals surface area contributed by atoms with Crippen LogP contribution in [-0.2, 0) is 14.9 Å². The Kier molecular flexibility index (Phi) is 3.34. The molecule has 0 saturated heterocycles. The maximum Gasteiger partial charge on any atom is 0.316 e. The van der Waals surface area contributed by atoms with Crippen LogP contribution >= 0.6 is 0 Å². The number of ether oxygens (including phenoxy) is 1. The van der Waals surface area contributed by atoms with E-state index >= 15 is 0 Å². The fourth-order valence-corrected chi connectivity index (χ4v) is 3.21. The molecule has 0 N–H and O–H groups in total. The van der Waals surface area contributed by atoms with Gasteiger partial charge in [-0.3, -0.25) is 4.79 Å². The lowest BCUT2D eigenvalue weighted by Gasteiger charge is -2.13. The quantitative estimate of drug-likeness (QED) is 0.689. The van der Waals surface area contributed by atoms with E-state index in [1.165, 1.54) is 7.11 Å². The van der Waals surface area contributed by atoms with E-state index in [4.69, 9.17) is 4.74 Å². The van der Waals surface area contributed by atoms with Crippen LogP contribution in [0.3, 0.4) is 0 Å². The van der Waals surface area contributed by atoms with Crippen molar-refractivity contribution < 1.29 is 9.53 Å². The van der Waals surface area contributed by atoms with Crippen molar-refractivity contribution in [2.24, 2.45) is 0 Å². The standard InChI is InChI=1S/C20H18N2O2/c1-13-21-12-16-4-3-15(11-18(16)22-13)14-5-7-17(8-6-14)20(9-10-20)19(23)24-2/h3-8,11-12H,9-10H2,1-2H3. The number of fused-ring (bicyclic) bond motifs is 1. The molecule has 24 heavy (non-hydrogen) atoms. The van der Waals surface area contributed by atoms with E-state index in [-0.39, 0.29) is 5.97 Å². The number of methoxy groups -OCH3 is 1. The zero-order valence-corrected chi connectivity index (χ0v) is 13.7. The molecule has 1 saturated carbocycles. The first-order chi connectivity index (χ1) is 11.6. The van der Waals surface area contributed by atoms with Gasteiger partial charge >= 0.3 is 5.97 Å². The van der Waals surface area contributed by atoms with Crippen molar-refractivity contribution in [2.75, 3.05) is 7.11 Å². The second kappa shape index (κ2) is 5.41. The molecule has 0 radical (unpaired) electrons. The van der Waals surface area contributed by atoms with Gasteiger partial charge in [-0.1, -0.05) is 36.4 Å². The summed E-state index contributed by atoms with van der Waals surface area (Å²) in [5.74, 6) is 0.636. The number of carbonyl (C=O) groups is 1. The van der Waals surface area contributed by atoms with Crippen LogP contribution in [0.15, 0.2) is 48.7 Å². The van der Waals surface area contributed by atoms with Gasteiger partial charge in [0, 0.05) is 11.6 Å². The first-order valence-electron chi connectivity index (χ1n) is 8.05. The molecule has 0 unspecified atom stereocenters. The molecule has 4 heteroatoms. The Morgan fingerprint density at radius 1 is 1.08 bits per heavy atom. The highest BCUT2D eigenvalue weighted by Crippen LogP contribution is 2.49. The molecule has 2 aromatic carbocycles. The van der Waals surface area contributed by atoms with Crippen molar-refractivity contribution in [3.05, 3.63) is 60.0 Å². The van der Waals surface area contributed by atoms with Gasteiger partial charge in [0.2, 0.25) is 0 Å². The van der Waals surface area contributed by atoms with Gasteiger partial charge in [0.25, 0.3) is 0 Å². The van der Waals surface area contributed by atoms with Gasteiger partial charge in [0.05, 0.1) is 18.0 Å². The van der Waals surface area contributed by atoms with Gasteiger partial charge in [-0.25, -0.2) is 9.97 Å². The second-order valence-corrected chi connectivity index (χ2v) is 6.34. The lowest BCUT2D eigenvalue weighted by atomic mass is 9.93. The first kappa shape index (κ1) is 14.8. The third-order valence-corrected chi connectivity index (χ3v) is 4.80. The molecule has 3 aromatic rings. The van der Waals surface area contributed by atoms with Gasteiger partial charge in [0.15, 0.2) is 0 Å². The molecular weight excluding hydrogens is 300 g/mol. The summed E-state index contributed by atoms with van der Waals surface area (Å²) in [6.45, 7) is 1.89. The zero-order valence-electron chi connectivity index (χ0n) is 13.7. The van der Waals surface area contributed by atoms with Crippen LogP contribution in [0.5, 0.6) is 0 Å². The van der Waals surface area contributed by atoms with Crippen LogP contribution in [0.1, 0.15) is 24.2 Å². The molecular formula is C20H18N2O2. The van der Waals surface area contributed by atoms with Gasteiger partial charge < -0.3 is 4.74 Å². The van der Waals surface area contributed by atoms with E-state index < -0.39 is 5.41 Å². The molecule has 0 spiro atoms. The minimum absolute atomic E-state index is 0.131. The molecule has 4 rings (SSSR count). The molecule has 4 nitrogen and oxygen atoms in total. The number of carbonyl (C=O) groups excluding carboxylic acids is 1. The number of hydrogen-bond acceptors (Lipinski definition) is 4. The average molecular weight is 318 g/mol. The number of rotatable bonds is 3. The molecule has 1 heterocycles. The molecule has 0 atom stereocenters. The smallest absolute Gasteiger partial charge is 0.316 e. The Morgan fingerprint density at radius 3 is 2.46 bits per heavy atom. The van der Waals surface area contributed by atoms with E-state index in [9.17, 15) is 4.79 Å². The van der Waals surface area contributed by atoms with Crippen LogP contribution < -0.4 is 0 Å². The zero-order chi connectivity index (χ0) is 16.7. The molecule has 1 aliphatic carbocycles. The second-order valence-electron chi connectivity index (χ2n) is 6.34. The predicted molar refractivity (Wildman–Crippen MR) is 92.6 cm³/mol. The lowest BCUT2D eigenvalue weighted by Crippen LogP contribution is -2.21. The van der Waals surface area contributed by atoms with Crippen LogP contribution in [0.25, 0.3) is 22.0 Å². The summed E-state index contributed by atoms with van der Waals surface area (Å²) in [5.41, 5.74) is 3.78. The van der Waals surface area contributed by atoms with Crippen LogP contribution in [0.4, 0.5) is 0 Å². The van der Waals surface area contributed by atoms with Crippen LogP contribution in [0.2, 0.25) is 0 Å². The molecule has 120 valence electrons. The summed E-state index contributed by atoms with van der Waals surface area (Å²) in [4.78, 5) is 20.7. The average Bonchev–Trinajstić information content (AvgIpc) is 3.42. The summed E-state index contributed by atoms with van der Waals surface area (Å²) >= 11 is 0. The Bertz CT molecular complexity index is 928. The van der Waals surface area contributed by atoms with Crippen molar-refractivity contribution in [1.29, 1.82) is 0 Å². The highest BCUT2D eigenvalue weighted by Gasteiger charge is 2.52. The summed E-state index contributed by atoms with van der Waals surface area (Å²) in [6.07, 6.45) is 3.58. The Balaban J connectivity index is 1.69. The maximum absolute atomic E-state index is 12.0. The van der Waals surface area contributed by atoms with Crippen molar-refractivity contribution in [3.63, 3.8) is 0 Å². The van der Waals surface area contributed by atoms with E-state index in [0.29, 0.717) is 0 Å². The fourth-order valence-electron chi connectivity index (χ4n) is 3.21. The molecule has 0 aliphatic heterocycles. The van der Waals surface area contributed by atoms with Crippen molar-refractivity contribution >= 4 is 16.9 Å². The number of esters is 1. The van der Waals surface area contributed by atoms with E-state index in [2.05, 4.69) is 34.2 Å². The van der Waals surface area contributed by atoms with Gasteiger partial charge in [0.1, 0.15) is 5.82 Å². The minimum atomic E-state index is -0.416. The van der Waals surface area contributed by atoms with Crippen molar-refractivity contribution in [2.45, 2.75) is 25.2 Å². The SMILES string of the molecule is COC(=O)C1(c2ccc(-c3ccc4cnc(C)nc4c3)cc2)CC1. The first-order valence-corrected chi connectivity index (χ1v) is 8.05. The molecule has 1 fully saturated rings. The summed E-state index contributed by atoms with van der Waals surface area (Å²) < 4.78 is 4.95. The highest BCUT2D eigenvalue weighted by molar-refractivity contribution is 5.87. The number of aryl methyl sites for hydroxylation is 1. The number of benzene rings is 2. The lowest BCUT2D eigenvalue weighted by molar-refractivity contribution is -0.143. The predicted octanol–water partition coefficient (Wildman–Crippen LogP) is 3.81. The summed E-state index contributed by atoms with van der Waals surface area (Å²) in [5, 5.41) is 1.03. The monoisotopic (exact) mass is 318 g/mol. The Morgan fingerprint density at radius 2 is 1.79 bits per heavy atom. The number of aromatic nitrogens is 2. The van der Waals surface area contributed by atoms with Crippen LogP contribution in [0, 0.1) is 6.92 Å². The summed E-state index contributed by atoms with van der Waals surface area (Å²) in [6, 6.07) is 14.4. The molecule has 1 aliphatic rings. The minimum Gasteiger partial charge on any atom is -0.468 e. The van der Waals surface area contributed by atoms with Crippen molar-refractivity contribution in [3.8, 4) is 11.1 Å². The highest BCUT2D eigenvalue weighted by atomic mass is 16.5. The third kappa shape index (κ3) is 2.35. The number of hydrogen-bond donors (Lipinski definition) is 0. The molecule has 0 amide bonds. The summed E-state index contributed by atoms with van der Waals surface area (Å²) in [7, 11) is 1.45. The van der Waals surface area contributed by atoms with E-state index in [1.807, 2.05) is 31.3 Å². The Hall–Kier alpha value is -2.75. The van der Waals surface area contributed by atoms with E-state index in [1.54, 1.807) is 0 Å². The van der Waals surface area contributed by atoms with Crippen LogP contribution in [-0.4, -0.2) is 23.0 Å². The fraction of sp³-hybridized carbons (Fsp3) is 0.250. The Labute approximate surface area is 140 Å². The van der Waals surface area contributed by atoms with Crippen molar-refractivity contribution in [1.82, 2.24) is 9.97 Å². The normalized spacial score (nSPS) is 15.2. The largest absolute Gasteiger partial charge is 0.468 e. The third-order valence-electron chi connectivity index (χ3n) is 4.80. The maximum atomic E-state index is 12.0. The molecule has 0 bridgehead atoms. The molecule has 1 aromatic heterocycles. The van der Waals surface area contributed by atoms with Gasteiger partial charge in [-0.05, 0) is 42.5 Å². The number of nitrogens with zero attached hydrogens (tertiary/aromatic N) is 2. The topological polar surface area (TPSA) is 52.1 Å². The van der Waals surface area contributed by atoms with Gasteiger partial charge in [-0.15, -0.1) is 0 Å². The van der Waals surface area contributed by atoms with Gasteiger partial charge in [-0.2, -0.15) is 0 Å². The van der Waals surface area contributed by atoms with E-state index in [0.717, 1.165) is 46.3 Å².